The largest absolute Gasteiger partial charge is 0.466 e. The number of esters is 2. The molecule has 38 heavy (non-hydrogen) atoms. The molecule has 214 valence electrons. The van der Waals surface area contributed by atoms with Gasteiger partial charge in [-0.15, -0.1) is 0 Å². The van der Waals surface area contributed by atoms with Gasteiger partial charge in [0.2, 0.25) is 0 Å². The summed E-state index contributed by atoms with van der Waals surface area (Å²) < 4.78 is 10.9. The number of ether oxygens (including phenoxy) is 2. The molecule has 7 atom stereocenters. The number of unbranched alkanes of at least 4 members (excludes halogenated alkanes) is 8. The van der Waals surface area contributed by atoms with Crippen molar-refractivity contribution in [2.75, 3.05) is 6.61 Å². The van der Waals surface area contributed by atoms with E-state index in [0.29, 0.717) is 36.1 Å². The molecule has 3 fully saturated rings. The lowest BCUT2D eigenvalue weighted by Gasteiger charge is -2.56. The molecule has 0 amide bonds. The minimum absolute atomic E-state index is 0.0816. The lowest BCUT2D eigenvalue weighted by molar-refractivity contribution is -0.157. The van der Waals surface area contributed by atoms with Crippen molar-refractivity contribution in [3.8, 4) is 0 Å². The molecular formula is C33H52O5. The van der Waals surface area contributed by atoms with Crippen molar-refractivity contribution < 1.29 is 23.9 Å². The lowest BCUT2D eigenvalue weighted by Crippen LogP contribution is -2.51. The number of hydrogen-bond donors (Lipinski definition) is 0. The molecule has 0 radical (unpaired) electrons. The van der Waals surface area contributed by atoms with E-state index in [1.165, 1.54) is 76.7 Å². The second kappa shape index (κ2) is 13.6. The molecule has 0 aromatic rings. The van der Waals surface area contributed by atoms with Crippen LogP contribution in [0.4, 0.5) is 0 Å². The molecule has 0 aromatic carbocycles. The van der Waals surface area contributed by atoms with E-state index in [1.54, 1.807) is 6.92 Å². The number of carbonyl (C=O) groups excluding carboxylic acids is 3. The van der Waals surface area contributed by atoms with Gasteiger partial charge < -0.3 is 9.47 Å². The smallest absolute Gasteiger partial charge is 0.302 e. The molecule has 0 aromatic heterocycles. The summed E-state index contributed by atoms with van der Waals surface area (Å²) in [7, 11) is 0. The van der Waals surface area contributed by atoms with Crippen LogP contribution in [0, 0.1) is 35.0 Å². The van der Waals surface area contributed by atoms with Crippen molar-refractivity contribution in [1.82, 2.24) is 0 Å². The van der Waals surface area contributed by atoms with E-state index in [0.717, 1.165) is 50.9 Å². The predicted molar refractivity (Wildman–Crippen MR) is 149 cm³/mol. The van der Waals surface area contributed by atoms with Gasteiger partial charge >= 0.3 is 11.9 Å². The van der Waals surface area contributed by atoms with Crippen molar-refractivity contribution >= 4 is 17.7 Å². The zero-order valence-corrected chi connectivity index (χ0v) is 24.3. The van der Waals surface area contributed by atoms with Gasteiger partial charge in [0.25, 0.3) is 0 Å². The quantitative estimate of drug-likeness (QED) is 0.180. The Balaban J connectivity index is 1.27. The minimum atomic E-state index is -0.176. The number of allylic oxidation sites excluding steroid dienone is 1. The second-order valence-corrected chi connectivity index (χ2v) is 13.2. The van der Waals surface area contributed by atoms with Crippen molar-refractivity contribution in [1.29, 1.82) is 0 Å². The van der Waals surface area contributed by atoms with Crippen LogP contribution in [0.15, 0.2) is 11.6 Å². The molecule has 0 heterocycles. The number of hydrogen-bond acceptors (Lipinski definition) is 5. The summed E-state index contributed by atoms with van der Waals surface area (Å²) in [4.78, 5) is 35.0. The molecule has 0 N–H and O–H groups in total. The van der Waals surface area contributed by atoms with Crippen LogP contribution >= 0.6 is 0 Å². The summed E-state index contributed by atoms with van der Waals surface area (Å²) in [5, 5.41) is 0. The molecule has 4 aliphatic rings. The van der Waals surface area contributed by atoms with Crippen molar-refractivity contribution in [3.05, 3.63) is 11.6 Å². The lowest BCUT2D eigenvalue weighted by atomic mass is 9.49. The van der Waals surface area contributed by atoms with Crippen LogP contribution in [0.1, 0.15) is 130 Å². The van der Waals surface area contributed by atoms with Gasteiger partial charge in [-0.05, 0) is 87.0 Å². The van der Waals surface area contributed by atoms with Crippen LogP contribution in [0.25, 0.3) is 0 Å². The predicted octanol–water partition coefficient (Wildman–Crippen LogP) is 7.75. The molecule has 0 unspecified atom stereocenters. The first-order valence-corrected chi connectivity index (χ1v) is 15.8. The molecule has 0 bridgehead atoms. The first-order chi connectivity index (χ1) is 18.3. The molecule has 4 rings (SSSR count). The van der Waals surface area contributed by atoms with E-state index in [-0.39, 0.29) is 23.5 Å². The fourth-order valence-corrected chi connectivity index (χ4v) is 8.98. The van der Waals surface area contributed by atoms with Gasteiger partial charge in [-0.2, -0.15) is 0 Å². The van der Waals surface area contributed by atoms with E-state index in [2.05, 4.69) is 6.92 Å². The minimum Gasteiger partial charge on any atom is -0.466 e. The average molecular weight is 529 g/mol. The van der Waals surface area contributed by atoms with Gasteiger partial charge in [0, 0.05) is 25.7 Å². The maximum atomic E-state index is 12.3. The maximum absolute atomic E-state index is 12.3. The number of carbonyl (C=O) groups is 3. The first-order valence-electron chi connectivity index (χ1n) is 15.8. The third kappa shape index (κ3) is 7.10. The molecule has 3 saturated carbocycles. The van der Waals surface area contributed by atoms with Gasteiger partial charge in [0.15, 0.2) is 5.78 Å². The number of ketones is 1. The summed E-state index contributed by atoms with van der Waals surface area (Å²) in [6.45, 7) is 6.01. The second-order valence-electron chi connectivity index (χ2n) is 13.2. The zero-order chi connectivity index (χ0) is 27.1. The summed E-state index contributed by atoms with van der Waals surface area (Å²) in [5.41, 5.74) is 1.59. The summed E-state index contributed by atoms with van der Waals surface area (Å²) in [6.07, 6.45) is 22.1. The molecule has 0 aliphatic heterocycles. The normalized spacial score (nSPS) is 34.1. The molecule has 5 heteroatoms. The Bertz CT molecular complexity index is 861. The van der Waals surface area contributed by atoms with E-state index in [4.69, 9.17) is 9.47 Å². The highest BCUT2D eigenvalue weighted by Crippen LogP contribution is 2.64. The monoisotopic (exact) mass is 528 g/mol. The summed E-state index contributed by atoms with van der Waals surface area (Å²) in [6, 6.07) is 0. The Hall–Kier alpha value is -1.65. The Morgan fingerprint density at radius 3 is 2.26 bits per heavy atom. The van der Waals surface area contributed by atoms with Gasteiger partial charge in [0.1, 0.15) is 6.10 Å². The van der Waals surface area contributed by atoms with Crippen molar-refractivity contribution in [2.24, 2.45) is 35.0 Å². The maximum Gasteiger partial charge on any atom is 0.302 e. The highest BCUT2D eigenvalue weighted by atomic mass is 16.5. The van der Waals surface area contributed by atoms with E-state index >= 15 is 0 Å². The number of rotatable bonds is 13. The molecule has 5 nitrogen and oxygen atoms in total. The van der Waals surface area contributed by atoms with Gasteiger partial charge in [0.05, 0.1) is 6.61 Å². The van der Waals surface area contributed by atoms with Gasteiger partial charge in [-0.25, -0.2) is 0 Å². The Morgan fingerprint density at radius 1 is 0.895 bits per heavy atom. The Morgan fingerprint density at radius 2 is 1.58 bits per heavy atom. The fraction of sp³-hybridized carbons (Fsp3) is 0.848. The standard InChI is InChI=1S/C33H52O5/c1-23(34)37-20-12-10-8-6-4-5-7-9-11-13-25-21-26-22-27(36)14-15-28(26)29-18-19-33(3)30(32(25)29)16-17-31(33)38-24(2)35/h22,25,28-32H,4-21H2,1-3H3/t25-,28+,29-,30+,31-,32-,33+/m1/s1. The van der Waals surface area contributed by atoms with E-state index in [1.807, 2.05) is 6.08 Å². The van der Waals surface area contributed by atoms with Crippen LogP contribution in [-0.2, 0) is 23.9 Å². The topological polar surface area (TPSA) is 69.7 Å². The SMILES string of the molecule is CC(=O)OCCCCCCCCCCC[C@@H]1CC2=CC(=O)CC[C@@H]2[C@H]2CC[C@]3(C)[C@H](OC(C)=O)CC[C@H]3[C@H]12. The van der Waals surface area contributed by atoms with Gasteiger partial charge in [-0.3, -0.25) is 14.4 Å². The van der Waals surface area contributed by atoms with Crippen LogP contribution in [0.5, 0.6) is 0 Å². The summed E-state index contributed by atoms with van der Waals surface area (Å²) in [5.74, 6) is 3.40. The first kappa shape index (κ1) is 29.3. The number of fused-ring (bicyclic) bond motifs is 5. The highest BCUT2D eigenvalue weighted by Gasteiger charge is 2.59. The molecular weight excluding hydrogens is 476 g/mol. The third-order valence-corrected chi connectivity index (χ3v) is 10.7. The van der Waals surface area contributed by atoms with Crippen LogP contribution in [0.2, 0.25) is 0 Å². The van der Waals surface area contributed by atoms with E-state index in [9.17, 15) is 14.4 Å². The van der Waals surface area contributed by atoms with Gasteiger partial charge in [-0.1, -0.05) is 63.9 Å². The highest BCUT2D eigenvalue weighted by molar-refractivity contribution is 5.91. The Labute approximate surface area is 230 Å². The van der Waals surface area contributed by atoms with Crippen molar-refractivity contribution in [3.63, 3.8) is 0 Å². The third-order valence-electron chi connectivity index (χ3n) is 10.7. The van der Waals surface area contributed by atoms with Crippen molar-refractivity contribution in [2.45, 2.75) is 136 Å². The Kier molecular flexibility index (Phi) is 10.5. The molecule has 0 saturated heterocycles. The molecule has 0 spiro atoms. The van der Waals surface area contributed by atoms with Crippen LogP contribution in [0.3, 0.4) is 0 Å². The van der Waals surface area contributed by atoms with Crippen LogP contribution < -0.4 is 0 Å². The zero-order valence-electron chi connectivity index (χ0n) is 24.3. The fourth-order valence-electron chi connectivity index (χ4n) is 8.98. The van der Waals surface area contributed by atoms with Crippen LogP contribution in [-0.4, -0.2) is 30.4 Å². The van der Waals surface area contributed by atoms with E-state index < -0.39 is 0 Å². The average Bonchev–Trinajstić information content (AvgIpc) is 3.19. The molecule has 4 aliphatic carbocycles. The summed E-state index contributed by atoms with van der Waals surface area (Å²) >= 11 is 0.